The van der Waals surface area contributed by atoms with Gasteiger partial charge in [-0.25, -0.2) is 13.1 Å². The van der Waals surface area contributed by atoms with Crippen molar-refractivity contribution in [2.45, 2.75) is 34.8 Å². The fourth-order valence-electron chi connectivity index (χ4n) is 2.13. The molecule has 0 aliphatic heterocycles. The lowest BCUT2D eigenvalue weighted by Crippen LogP contribution is -2.32. The van der Waals surface area contributed by atoms with Crippen molar-refractivity contribution in [3.8, 4) is 0 Å². The lowest BCUT2D eigenvalue weighted by Gasteiger charge is -2.11. The van der Waals surface area contributed by atoms with Crippen LogP contribution in [0.2, 0.25) is 4.34 Å². The number of halogens is 1. The smallest absolute Gasteiger partial charge is 0.258 e. The second-order valence-corrected chi connectivity index (χ2v) is 9.20. The maximum Gasteiger partial charge on any atom is 0.300 e. The van der Waals surface area contributed by atoms with Gasteiger partial charge in [-0.2, -0.15) is 11.8 Å². The van der Waals surface area contributed by atoms with E-state index >= 15 is 0 Å². The Morgan fingerprint density at radius 2 is 2.25 bits per heavy atom. The first-order valence-electron chi connectivity index (χ1n) is 5.82. The van der Waals surface area contributed by atoms with Crippen molar-refractivity contribution < 1.29 is 13.3 Å². The molecule has 112 valence electrons. The zero-order valence-corrected chi connectivity index (χ0v) is 13.7. The van der Waals surface area contributed by atoms with Crippen LogP contribution in [-0.2, 0) is 10.0 Å². The minimum Gasteiger partial charge on any atom is -0.258 e. The number of hydrogen-bond acceptors (Lipinski definition) is 6. The molecule has 0 radical (unpaired) electrons. The number of nitrogens with zero attached hydrogens (tertiary/aromatic N) is 1. The van der Waals surface area contributed by atoms with E-state index in [1.54, 1.807) is 11.8 Å². The van der Waals surface area contributed by atoms with Crippen LogP contribution in [0.1, 0.15) is 19.3 Å². The molecule has 1 aromatic heterocycles. The summed E-state index contributed by atoms with van der Waals surface area (Å²) in [6.45, 7) is 0. The summed E-state index contributed by atoms with van der Waals surface area (Å²) in [7, 11) is -3.74. The molecule has 20 heavy (non-hydrogen) atoms. The van der Waals surface area contributed by atoms with E-state index in [1.165, 1.54) is 0 Å². The summed E-state index contributed by atoms with van der Waals surface area (Å²) in [5, 5.41) is 11.2. The van der Waals surface area contributed by atoms with Gasteiger partial charge in [0.2, 0.25) is 0 Å². The predicted molar refractivity (Wildman–Crippen MR) is 81.2 cm³/mol. The highest BCUT2D eigenvalue weighted by molar-refractivity contribution is 7.99. The molecular weight excluding hydrogens is 344 g/mol. The minimum absolute atomic E-state index is 0.109. The Balaban J connectivity index is 2.15. The topological polar surface area (TPSA) is 89.3 Å². The Morgan fingerprint density at radius 1 is 1.55 bits per heavy atom. The van der Waals surface area contributed by atoms with Gasteiger partial charge in [0, 0.05) is 17.4 Å². The molecule has 0 saturated heterocycles. The molecule has 0 spiro atoms. The van der Waals surface area contributed by atoms with E-state index in [9.17, 15) is 18.5 Å². The monoisotopic (exact) mass is 356 g/mol. The maximum absolute atomic E-state index is 12.2. The van der Waals surface area contributed by atoms with Gasteiger partial charge in [-0.15, -0.1) is 11.3 Å². The Kier molecular flexibility index (Phi) is 4.96. The fraction of sp³-hybridized carbons (Fsp3) is 0.600. The van der Waals surface area contributed by atoms with Crippen molar-refractivity contribution in [1.82, 2.24) is 4.72 Å². The normalized spacial score (nSPS) is 23.1. The van der Waals surface area contributed by atoms with Gasteiger partial charge in [0.15, 0.2) is 4.34 Å². The number of thioether (sulfide) groups is 1. The van der Waals surface area contributed by atoms with Gasteiger partial charge in [-0.05, 0) is 25.5 Å². The van der Waals surface area contributed by atoms with Crippen molar-refractivity contribution >= 4 is 50.4 Å². The van der Waals surface area contributed by atoms with Crippen molar-refractivity contribution in [2.24, 2.45) is 0 Å². The van der Waals surface area contributed by atoms with Crippen LogP contribution in [-0.4, -0.2) is 30.9 Å². The lowest BCUT2D eigenvalue weighted by molar-refractivity contribution is -0.384. The van der Waals surface area contributed by atoms with Crippen LogP contribution >= 0.6 is 34.7 Å². The first kappa shape index (κ1) is 16.0. The molecule has 1 N–H and O–H groups in total. The summed E-state index contributed by atoms with van der Waals surface area (Å²) >= 11 is 8.12. The molecule has 0 aromatic carbocycles. The molecule has 0 bridgehead atoms. The summed E-state index contributed by atoms with van der Waals surface area (Å²) < 4.78 is 26.7. The summed E-state index contributed by atoms with van der Waals surface area (Å²) in [6.07, 6.45) is 4.54. The minimum atomic E-state index is -3.74. The Labute approximate surface area is 130 Å². The van der Waals surface area contributed by atoms with Gasteiger partial charge in [-0.3, -0.25) is 10.1 Å². The summed E-state index contributed by atoms with van der Waals surface area (Å²) in [5.74, 6) is 0. The zero-order chi connectivity index (χ0) is 14.9. The maximum atomic E-state index is 12.2. The largest absolute Gasteiger partial charge is 0.300 e. The average Bonchev–Trinajstić information content (AvgIpc) is 2.95. The van der Waals surface area contributed by atoms with Crippen molar-refractivity contribution in [3.63, 3.8) is 0 Å². The second kappa shape index (κ2) is 6.18. The third kappa shape index (κ3) is 3.45. The molecule has 2 atom stereocenters. The third-order valence-electron chi connectivity index (χ3n) is 3.15. The molecule has 1 heterocycles. The van der Waals surface area contributed by atoms with Crippen LogP contribution in [0.15, 0.2) is 10.3 Å². The summed E-state index contributed by atoms with van der Waals surface area (Å²) in [4.78, 5) is 10.0. The van der Waals surface area contributed by atoms with Crippen molar-refractivity contribution in [1.29, 1.82) is 0 Å². The average molecular weight is 357 g/mol. The predicted octanol–water partition coefficient (Wildman–Crippen LogP) is 2.87. The molecular formula is C10H13ClN2O4S3. The van der Waals surface area contributed by atoms with E-state index < -0.39 is 14.9 Å². The first-order chi connectivity index (χ1) is 9.33. The van der Waals surface area contributed by atoms with E-state index in [2.05, 4.69) is 4.72 Å². The number of thiophene rings is 1. The van der Waals surface area contributed by atoms with E-state index in [0.717, 1.165) is 25.3 Å². The molecule has 0 amide bonds. The standard InChI is InChI=1S/C10H13ClN2O4S3/c1-18-7-3-2-6(4-7)12-20(16,17)9-5-8(13(14)15)10(11)19-9/h5-7,12H,2-4H2,1H3. The molecule has 1 fully saturated rings. The molecule has 1 aromatic rings. The molecule has 10 heteroatoms. The quantitative estimate of drug-likeness (QED) is 0.647. The van der Waals surface area contributed by atoms with E-state index in [1.807, 2.05) is 6.26 Å². The summed E-state index contributed by atoms with van der Waals surface area (Å²) in [5.41, 5.74) is -0.370. The number of sulfonamides is 1. The molecule has 1 aliphatic carbocycles. The Morgan fingerprint density at radius 3 is 2.75 bits per heavy atom. The molecule has 2 rings (SSSR count). The Hall–Kier alpha value is -0.350. The van der Waals surface area contributed by atoms with Crippen LogP contribution in [0.4, 0.5) is 5.69 Å². The number of nitro groups is 1. The van der Waals surface area contributed by atoms with Gasteiger partial charge in [0.25, 0.3) is 15.7 Å². The van der Waals surface area contributed by atoms with E-state index in [4.69, 9.17) is 11.6 Å². The number of nitrogens with one attached hydrogen (secondary N) is 1. The van der Waals surface area contributed by atoms with Crippen LogP contribution in [0, 0.1) is 10.1 Å². The fourth-order valence-corrected chi connectivity index (χ4v) is 5.89. The van der Waals surface area contributed by atoms with Gasteiger partial charge >= 0.3 is 0 Å². The highest BCUT2D eigenvalue weighted by atomic mass is 35.5. The van der Waals surface area contributed by atoms with Gasteiger partial charge in [0.1, 0.15) is 4.21 Å². The third-order valence-corrected chi connectivity index (χ3v) is 7.57. The van der Waals surface area contributed by atoms with Gasteiger partial charge in [-0.1, -0.05) is 11.6 Å². The first-order valence-corrected chi connectivity index (χ1v) is 9.79. The molecule has 1 aliphatic rings. The molecule has 1 saturated carbocycles. The van der Waals surface area contributed by atoms with E-state index in [-0.39, 0.29) is 20.3 Å². The van der Waals surface area contributed by atoms with Crippen LogP contribution in [0.25, 0.3) is 0 Å². The second-order valence-electron chi connectivity index (χ2n) is 4.47. The van der Waals surface area contributed by atoms with Crippen LogP contribution in [0.3, 0.4) is 0 Å². The van der Waals surface area contributed by atoms with Crippen LogP contribution < -0.4 is 4.72 Å². The number of hydrogen-bond donors (Lipinski definition) is 1. The Bertz CT molecular complexity index is 616. The lowest BCUT2D eigenvalue weighted by atomic mass is 10.3. The molecule has 2 unspecified atom stereocenters. The van der Waals surface area contributed by atoms with Gasteiger partial charge in [0.05, 0.1) is 4.92 Å². The van der Waals surface area contributed by atoms with Crippen LogP contribution in [0.5, 0.6) is 0 Å². The van der Waals surface area contributed by atoms with Crippen molar-refractivity contribution in [2.75, 3.05) is 6.26 Å². The SMILES string of the molecule is CSC1CCC(NS(=O)(=O)c2cc([N+](=O)[O-])c(Cl)s2)C1. The highest BCUT2D eigenvalue weighted by Crippen LogP contribution is 2.37. The summed E-state index contributed by atoms with van der Waals surface area (Å²) in [6, 6.07) is 0.897. The number of rotatable bonds is 5. The molecule has 6 nitrogen and oxygen atoms in total. The van der Waals surface area contributed by atoms with Crippen molar-refractivity contribution in [3.05, 3.63) is 20.5 Å². The zero-order valence-electron chi connectivity index (χ0n) is 10.5. The van der Waals surface area contributed by atoms with Gasteiger partial charge < -0.3 is 0 Å². The van der Waals surface area contributed by atoms with E-state index in [0.29, 0.717) is 16.6 Å². The highest BCUT2D eigenvalue weighted by Gasteiger charge is 2.31.